The lowest BCUT2D eigenvalue weighted by molar-refractivity contribution is -0.144. The smallest absolute Gasteiger partial charge is 0.284 e. The van der Waals surface area contributed by atoms with E-state index in [2.05, 4.69) is 30.6 Å². The highest BCUT2D eigenvalue weighted by atomic mass is 32.2. The number of amides is 5. The number of para-hydroxylation sites is 1. The Balaban J connectivity index is 0.781. The molecule has 7 aromatic rings. The fourth-order valence-corrected chi connectivity index (χ4v) is 14.6. The predicted octanol–water partition coefficient (Wildman–Crippen LogP) is 8.44. The number of thiazole rings is 2. The maximum atomic E-state index is 14.5. The van der Waals surface area contributed by atoms with Gasteiger partial charge in [-0.2, -0.15) is 5.10 Å². The number of hydrogen-bond acceptors (Lipinski definition) is 16. The quantitative estimate of drug-likeness (QED) is 0.0480. The van der Waals surface area contributed by atoms with Crippen LogP contribution in [0, 0.1) is 25.2 Å². The summed E-state index contributed by atoms with van der Waals surface area (Å²) in [4.78, 5) is 90.3. The number of likely N-dealkylation sites (tertiary alicyclic amines) is 1. The van der Waals surface area contributed by atoms with Gasteiger partial charge in [0.2, 0.25) is 27.7 Å². The normalized spacial score (nSPS) is 17.3. The predicted molar refractivity (Wildman–Crippen MR) is 335 cm³/mol. The van der Waals surface area contributed by atoms with Crippen LogP contribution < -0.4 is 25.6 Å². The number of rotatable bonds is 20. The van der Waals surface area contributed by atoms with Gasteiger partial charge in [-0.1, -0.05) is 99.9 Å². The van der Waals surface area contributed by atoms with E-state index in [1.54, 1.807) is 67.9 Å². The van der Waals surface area contributed by atoms with Gasteiger partial charge < -0.3 is 25.5 Å². The minimum atomic E-state index is -4.27. The maximum Gasteiger partial charge on any atom is 0.284 e. The van der Waals surface area contributed by atoms with Gasteiger partial charge >= 0.3 is 0 Å². The zero-order valence-electron chi connectivity index (χ0n) is 49.8. The van der Waals surface area contributed by atoms with Crippen LogP contribution >= 0.6 is 22.7 Å². The number of aryl methyl sites for hydroxylation is 1. The number of anilines is 2. The number of hydrogen-bond donors (Lipinski definition) is 5. The van der Waals surface area contributed by atoms with Gasteiger partial charge in [-0.25, -0.2) is 28.1 Å². The minimum absolute atomic E-state index is 0.0334. The number of carbonyl (C=O) groups is 5. The molecule has 5 amide bonds. The number of aliphatic hydroxyl groups excluding tert-OH is 1. The number of sulfonamides is 1. The topological polar surface area (TPSA) is 254 Å². The van der Waals surface area contributed by atoms with Crippen molar-refractivity contribution in [3.63, 3.8) is 0 Å². The van der Waals surface area contributed by atoms with Crippen molar-refractivity contribution in [1.29, 1.82) is 0 Å². The summed E-state index contributed by atoms with van der Waals surface area (Å²) in [7, 11) is -2.62. The average Bonchev–Trinajstić information content (AvgIpc) is 1.56. The fraction of sp³-hybridized carbons (Fsp3) is 0.444. The molecule has 0 unspecified atom stereocenters. The summed E-state index contributed by atoms with van der Waals surface area (Å²) in [5, 5.41) is 24.9. The second-order valence-electron chi connectivity index (χ2n) is 24.2. The highest BCUT2D eigenvalue weighted by Crippen LogP contribution is 2.35. The summed E-state index contributed by atoms with van der Waals surface area (Å²) in [6, 6.07) is 22.3. The van der Waals surface area contributed by atoms with Crippen molar-refractivity contribution in [3.8, 4) is 21.6 Å². The Bertz CT molecular complexity index is 3720. The number of carbonyl (C=O) groups excluding carboxylic acids is 5. The monoisotopic (exact) mass is 1220 g/mol. The summed E-state index contributed by atoms with van der Waals surface area (Å²) >= 11 is 2.95. The van der Waals surface area contributed by atoms with Crippen LogP contribution in [-0.4, -0.2) is 135 Å². The van der Waals surface area contributed by atoms with Crippen molar-refractivity contribution in [2.24, 2.45) is 11.3 Å². The summed E-state index contributed by atoms with van der Waals surface area (Å²) in [5.41, 5.74) is 8.75. The van der Waals surface area contributed by atoms with Gasteiger partial charge in [-0.15, -0.1) is 11.3 Å². The number of β-amino-alcohol motifs (C(OH)–C–C–N with tert-alkyl or cyclic N) is 1. The number of nitrogens with one attached hydrogen (secondary N) is 4. The van der Waals surface area contributed by atoms with Crippen LogP contribution in [0.1, 0.15) is 128 Å². The molecule has 1 saturated carbocycles. The summed E-state index contributed by atoms with van der Waals surface area (Å²) in [6.07, 6.45) is 7.22. The summed E-state index contributed by atoms with van der Waals surface area (Å²) < 4.78 is 33.0. The number of nitrogens with zero attached hydrogens (tertiary/aromatic N) is 8. The molecule has 4 aromatic heterocycles. The van der Waals surface area contributed by atoms with Gasteiger partial charge in [-0.3, -0.25) is 38.9 Å². The molecular formula is C63H76N12O8S3. The zero-order chi connectivity index (χ0) is 61.0. The van der Waals surface area contributed by atoms with Crippen molar-refractivity contribution in [1.82, 2.24) is 49.9 Å². The fourth-order valence-electron chi connectivity index (χ4n) is 11.9. The first-order chi connectivity index (χ1) is 41.1. The molecular weight excluding hydrogens is 1150 g/mol. The lowest BCUT2D eigenvalue weighted by atomic mass is 9.85. The number of likely N-dealkylation sites (N-methyl/N-ethyl adjacent to an activating group) is 1. The third-order valence-electron chi connectivity index (χ3n) is 16.7. The molecule has 0 bridgehead atoms. The third kappa shape index (κ3) is 14.3. The van der Waals surface area contributed by atoms with Crippen molar-refractivity contribution in [2.45, 2.75) is 130 Å². The van der Waals surface area contributed by atoms with Gasteiger partial charge in [0.25, 0.3) is 11.8 Å². The zero-order valence-corrected chi connectivity index (χ0v) is 52.2. The molecule has 1 saturated heterocycles. The maximum absolute atomic E-state index is 14.5. The van der Waals surface area contributed by atoms with E-state index in [1.165, 1.54) is 35.5 Å². The van der Waals surface area contributed by atoms with Gasteiger partial charge in [0.1, 0.15) is 23.6 Å². The Morgan fingerprint density at radius 2 is 1.66 bits per heavy atom. The van der Waals surface area contributed by atoms with Gasteiger partial charge in [0.15, 0.2) is 5.13 Å². The number of pyridine rings is 1. The number of fused-ring (bicyclic) bond motifs is 2. The Hall–Kier alpha value is -7.44. The van der Waals surface area contributed by atoms with Crippen LogP contribution in [-0.2, 0) is 43.9 Å². The molecule has 23 heteroatoms. The second kappa shape index (κ2) is 26.3. The van der Waals surface area contributed by atoms with E-state index >= 15 is 0 Å². The van der Waals surface area contributed by atoms with E-state index in [1.807, 2.05) is 97.1 Å². The van der Waals surface area contributed by atoms with Crippen LogP contribution in [0.25, 0.3) is 31.8 Å². The molecule has 3 aliphatic rings. The van der Waals surface area contributed by atoms with Gasteiger partial charge in [-0.05, 0) is 124 Å². The molecule has 2 fully saturated rings. The molecule has 2 aliphatic heterocycles. The molecule has 10 rings (SSSR count). The standard InChI is InChI=1S/C63H76N12O8S3/c1-38(42-21-23-44(24-22-42)56-39(2)64-37-84-56)66-59(79)51-31-45(76)34-74(51)61(81)57(63(4,5)6)69-54(77)36-72(7)28-14-30-86(82,83)71-60(80)55-46(48-32-65-75(40(48)3)33-41-15-9-8-10-16-41)25-26-53(68-55)73-29-27-43-17-13-18-47(49(43)35-73)58(78)70-62-67-50-19-11-12-20-52(50)85-62/h11-13,17-26,32,37-38,41,45,51,57,76H,8-10,14-16,27-31,33-36H2,1-7H3,(H,66,79)(H,69,77)(H,71,80)(H,67,70,78)/t38-,45+,51-,57+/m0/s1. The SMILES string of the molecule is Cc1ncsc1-c1ccc([C@H](C)NC(=O)[C@@H]2C[C@@H](O)CN2C(=O)[C@@H](NC(=O)CN(C)CCCS(=O)(=O)NC(=O)c2nc(N3CCc4cccc(C(=O)Nc5nc6ccccc6s5)c4C3)ccc2-c2cnn(CC3CCCCC3)c2C)C(C)(C)C)cc1. The van der Waals surface area contributed by atoms with Crippen LogP contribution in [0.4, 0.5) is 10.9 Å². The number of benzene rings is 3. The van der Waals surface area contributed by atoms with Gasteiger partial charge in [0, 0.05) is 55.0 Å². The largest absolute Gasteiger partial charge is 0.391 e. The van der Waals surface area contributed by atoms with E-state index in [0.717, 1.165) is 68.1 Å². The lowest BCUT2D eigenvalue weighted by Gasteiger charge is -2.36. The first-order valence-corrected chi connectivity index (χ1v) is 32.8. The highest BCUT2D eigenvalue weighted by Gasteiger charge is 2.45. The highest BCUT2D eigenvalue weighted by molar-refractivity contribution is 7.90. The van der Waals surface area contributed by atoms with E-state index < -0.39 is 69.0 Å². The van der Waals surface area contributed by atoms with E-state index in [0.29, 0.717) is 53.1 Å². The van der Waals surface area contributed by atoms with Crippen LogP contribution in [0.3, 0.4) is 0 Å². The number of aromatic nitrogens is 5. The third-order valence-corrected chi connectivity index (χ3v) is 19.9. The molecule has 6 heterocycles. The molecule has 4 atom stereocenters. The van der Waals surface area contributed by atoms with Crippen molar-refractivity contribution in [3.05, 3.63) is 130 Å². The summed E-state index contributed by atoms with van der Waals surface area (Å²) in [6.45, 7) is 12.6. The van der Waals surface area contributed by atoms with Crippen LogP contribution in [0.15, 0.2) is 90.6 Å². The average molecular weight is 1230 g/mol. The lowest BCUT2D eigenvalue weighted by Crippen LogP contribution is -2.58. The van der Waals surface area contributed by atoms with E-state index in [4.69, 9.17) is 10.1 Å². The molecule has 0 radical (unpaired) electrons. The molecule has 20 nitrogen and oxygen atoms in total. The Morgan fingerprint density at radius 1 is 0.895 bits per heavy atom. The van der Waals surface area contributed by atoms with Crippen LogP contribution in [0.2, 0.25) is 0 Å². The second-order valence-corrected chi connectivity index (χ2v) is 27.9. The first-order valence-electron chi connectivity index (χ1n) is 29.5. The van der Waals surface area contributed by atoms with Crippen molar-refractivity contribution in [2.75, 3.05) is 49.2 Å². The Morgan fingerprint density at radius 3 is 2.40 bits per heavy atom. The molecule has 3 aromatic carbocycles. The van der Waals surface area contributed by atoms with Crippen molar-refractivity contribution >= 4 is 83.4 Å². The van der Waals surface area contributed by atoms with Gasteiger partial charge in [0.05, 0.1) is 56.9 Å². The van der Waals surface area contributed by atoms with E-state index in [9.17, 15) is 37.5 Å². The molecule has 0 spiro atoms. The number of aliphatic hydroxyl groups is 1. The van der Waals surface area contributed by atoms with E-state index in [-0.39, 0.29) is 44.1 Å². The van der Waals surface area contributed by atoms with Crippen molar-refractivity contribution < 1.29 is 37.5 Å². The Labute approximate surface area is 510 Å². The summed E-state index contributed by atoms with van der Waals surface area (Å²) in [5.74, 6) is -2.18. The first kappa shape index (κ1) is 61.6. The molecule has 1 aliphatic carbocycles. The Kier molecular flexibility index (Phi) is 18.8. The van der Waals surface area contributed by atoms with Crippen LogP contribution in [0.5, 0.6) is 0 Å². The molecule has 5 N–H and O–H groups in total. The molecule has 454 valence electrons. The molecule has 86 heavy (non-hydrogen) atoms. The minimum Gasteiger partial charge on any atom is -0.391 e.